The fourth-order valence-electron chi connectivity index (χ4n) is 5.24. The van der Waals surface area contributed by atoms with Crippen LogP contribution in [0.15, 0.2) is 82.9 Å². The number of hydrogen-bond acceptors (Lipinski definition) is 8. The minimum absolute atomic E-state index is 0.00504. The van der Waals surface area contributed by atoms with Gasteiger partial charge in [-0.25, -0.2) is 9.38 Å². The van der Waals surface area contributed by atoms with Gasteiger partial charge in [-0.05, 0) is 92.2 Å². The Bertz CT molecular complexity index is 1620. The van der Waals surface area contributed by atoms with Crippen molar-refractivity contribution in [3.8, 4) is 5.75 Å². The minimum atomic E-state index is -1.63. The molecule has 1 aliphatic rings. The number of aliphatic imine (C=N–C) groups is 1. The summed E-state index contributed by atoms with van der Waals surface area (Å²) in [6.45, 7) is 5.84. The molecule has 0 aliphatic carbocycles. The number of esters is 1. The van der Waals surface area contributed by atoms with Gasteiger partial charge in [0.1, 0.15) is 17.2 Å². The van der Waals surface area contributed by atoms with E-state index in [-0.39, 0.29) is 44.3 Å². The van der Waals surface area contributed by atoms with Crippen LogP contribution in [-0.4, -0.2) is 53.8 Å². The Balaban J connectivity index is 1.75. The zero-order valence-electron chi connectivity index (χ0n) is 26.8. The molecule has 3 aromatic carbocycles. The Morgan fingerprint density at radius 3 is 2.60 bits per heavy atom. The summed E-state index contributed by atoms with van der Waals surface area (Å²) < 4.78 is 31.6. The standard InChI is InChI=1S/C35H40FN5O6/c1-34(2,3)47-30(43)16-18-35(33(44)38-19-17-24-8-6-10-27(36)22-24)31(29-11-5-4-9-26(29)23-39-41-37)46-32(40-35)25-12-14-28(15-13-25)45-21-7-20-42/h4-6,8-15,22,31,42H,7,16-21,23H2,1-3H3,(H,38,44)/t31-,35-/m1/s1. The summed E-state index contributed by atoms with van der Waals surface area (Å²) >= 11 is 0. The summed E-state index contributed by atoms with van der Waals surface area (Å²) in [7, 11) is 0. The van der Waals surface area contributed by atoms with E-state index in [1.165, 1.54) is 12.1 Å². The van der Waals surface area contributed by atoms with Crippen LogP contribution in [0.3, 0.4) is 0 Å². The fourth-order valence-corrected chi connectivity index (χ4v) is 5.24. The van der Waals surface area contributed by atoms with Crippen LogP contribution in [-0.2, 0) is 32.0 Å². The van der Waals surface area contributed by atoms with Gasteiger partial charge in [-0.2, -0.15) is 0 Å². The number of amides is 1. The second-order valence-electron chi connectivity index (χ2n) is 12.1. The number of benzene rings is 3. The molecule has 1 aliphatic heterocycles. The summed E-state index contributed by atoms with van der Waals surface area (Å²) in [5.41, 5.74) is 9.17. The van der Waals surface area contributed by atoms with Gasteiger partial charge >= 0.3 is 5.97 Å². The first-order valence-electron chi connectivity index (χ1n) is 15.5. The number of azide groups is 1. The first kappa shape index (κ1) is 34.9. The lowest BCUT2D eigenvalue weighted by atomic mass is 9.81. The van der Waals surface area contributed by atoms with Crippen molar-refractivity contribution >= 4 is 17.8 Å². The molecule has 4 rings (SSSR count). The van der Waals surface area contributed by atoms with Crippen molar-refractivity contribution in [1.82, 2.24) is 5.32 Å². The highest BCUT2D eigenvalue weighted by Gasteiger charge is 2.53. The van der Waals surface area contributed by atoms with Crippen molar-refractivity contribution in [1.29, 1.82) is 0 Å². The third-order valence-electron chi connectivity index (χ3n) is 7.39. The predicted octanol–water partition coefficient (Wildman–Crippen LogP) is 6.13. The molecule has 0 bridgehead atoms. The summed E-state index contributed by atoms with van der Waals surface area (Å²) in [5.74, 6) is -0.593. The molecule has 1 amide bonds. The average molecular weight is 646 g/mol. The summed E-state index contributed by atoms with van der Waals surface area (Å²) in [6.07, 6.45) is -0.344. The molecule has 0 spiro atoms. The molecule has 2 atom stereocenters. The minimum Gasteiger partial charge on any atom is -0.494 e. The highest BCUT2D eigenvalue weighted by molar-refractivity contribution is 6.01. The van der Waals surface area contributed by atoms with Crippen LogP contribution in [0.4, 0.5) is 4.39 Å². The molecular formula is C35H40FN5O6. The number of nitrogens with one attached hydrogen (secondary N) is 1. The van der Waals surface area contributed by atoms with E-state index in [9.17, 15) is 14.0 Å². The molecule has 0 saturated heterocycles. The van der Waals surface area contributed by atoms with Gasteiger partial charge < -0.3 is 24.6 Å². The molecule has 0 fully saturated rings. The number of aliphatic hydroxyl groups is 1. The van der Waals surface area contributed by atoms with Crippen LogP contribution in [0.1, 0.15) is 68.4 Å². The number of halogens is 1. The number of hydrogen-bond donors (Lipinski definition) is 2. The fraction of sp³-hybridized carbons (Fsp3) is 0.400. The number of nitrogens with zero attached hydrogens (tertiary/aromatic N) is 4. The maximum atomic E-state index is 14.4. The molecule has 11 nitrogen and oxygen atoms in total. The highest BCUT2D eigenvalue weighted by Crippen LogP contribution is 2.44. The maximum Gasteiger partial charge on any atom is 0.306 e. The van der Waals surface area contributed by atoms with E-state index in [1.807, 2.05) is 0 Å². The monoisotopic (exact) mass is 645 g/mol. The average Bonchev–Trinajstić information content (AvgIpc) is 3.43. The quantitative estimate of drug-likeness (QED) is 0.0666. The number of ether oxygens (including phenoxy) is 3. The van der Waals surface area contributed by atoms with Crippen LogP contribution in [0, 0.1) is 5.82 Å². The summed E-state index contributed by atoms with van der Waals surface area (Å²) in [5, 5.41) is 15.8. The largest absolute Gasteiger partial charge is 0.494 e. The second-order valence-corrected chi connectivity index (χ2v) is 12.1. The van der Waals surface area contributed by atoms with Gasteiger partial charge in [-0.15, -0.1) is 0 Å². The SMILES string of the molecule is CC(C)(C)OC(=O)CC[C@@]1(C(=O)NCCc2cccc(F)c2)N=C(c2ccc(OCCCO)cc2)O[C@@H]1c1ccccc1CN=[N+]=[N-]. The van der Waals surface area contributed by atoms with Crippen LogP contribution in [0.25, 0.3) is 10.4 Å². The molecule has 0 radical (unpaired) electrons. The van der Waals surface area contributed by atoms with Gasteiger partial charge in [0.2, 0.25) is 5.90 Å². The second kappa shape index (κ2) is 16.1. The summed E-state index contributed by atoms with van der Waals surface area (Å²) in [6, 6.07) is 20.3. The normalized spacial score (nSPS) is 17.2. The Kier molecular flexibility index (Phi) is 11.9. The van der Waals surface area contributed by atoms with E-state index in [0.717, 1.165) is 0 Å². The van der Waals surface area contributed by atoms with Crippen molar-refractivity contribution in [3.05, 3.63) is 111 Å². The molecule has 248 valence electrons. The van der Waals surface area contributed by atoms with Crippen LogP contribution in [0.2, 0.25) is 0 Å². The third-order valence-corrected chi connectivity index (χ3v) is 7.39. The van der Waals surface area contributed by atoms with E-state index < -0.39 is 29.1 Å². The predicted molar refractivity (Wildman–Crippen MR) is 174 cm³/mol. The Hall–Kier alpha value is -4.93. The molecule has 12 heteroatoms. The van der Waals surface area contributed by atoms with E-state index in [1.54, 1.807) is 81.4 Å². The van der Waals surface area contributed by atoms with E-state index in [2.05, 4.69) is 15.3 Å². The van der Waals surface area contributed by atoms with Crippen molar-refractivity contribution < 1.29 is 33.3 Å². The molecule has 0 saturated carbocycles. The highest BCUT2D eigenvalue weighted by atomic mass is 19.1. The molecular weight excluding hydrogens is 605 g/mol. The van der Waals surface area contributed by atoms with Crippen LogP contribution < -0.4 is 10.1 Å². The van der Waals surface area contributed by atoms with Crippen LogP contribution in [0.5, 0.6) is 5.75 Å². The Labute approximate surface area is 273 Å². The first-order valence-corrected chi connectivity index (χ1v) is 15.5. The number of carbonyl (C=O) groups is 2. The van der Waals surface area contributed by atoms with Gasteiger partial charge in [0, 0.05) is 36.5 Å². The van der Waals surface area contributed by atoms with Gasteiger partial charge in [0.15, 0.2) is 11.6 Å². The first-order chi connectivity index (χ1) is 22.5. The lowest BCUT2D eigenvalue weighted by Crippen LogP contribution is -2.49. The van der Waals surface area contributed by atoms with E-state index in [0.29, 0.717) is 47.5 Å². The molecule has 0 unspecified atom stereocenters. The Morgan fingerprint density at radius 2 is 1.89 bits per heavy atom. The maximum absolute atomic E-state index is 14.4. The number of aliphatic hydroxyl groups excluding tert-OH is 1. The van der Waals surface area contributed by atoms with E-state index >= 15 is 0 Å². The topological polar surface area (TPSA) is 155 Å². The van der Waals surface area contributed by atoms with Crippen molar-refractivity contribution in [2.75, 3.05) is 19.8 Å². The third kappa shape index (κ3) is 9.54. The zero-order chi connectivity index (χ0) is 33.9. The number of rotatable bonds is 15. The summed E-state index contributed by atoms with van der Waals surface area (Å²) in [4.78, 5) is 35.2. The molecule has 3 aromatic rings. The molecule has 1 heterocycles. The van der Waals surface area contributed by atoms with E-state index in [4.69, 9.17) is 29.8 Å². The van der Waals surface area contributed by atoms with Gasteiger partial charge in [0.25, 0.3) is 5.91 Å². The smallest absolute Gasteiger partial charge is 0.306 e. The van der Waals surface area contributed by atoms with Gasteiger partial charge in [-0.1, -0.05) is 41.5 Å². The van der Waals surface area contributed by atoms with Gasteiger partial charge in [0.05, 0.1) is 13.2 Å². The Morgan fingerprint density at radius 1 is 1.13 bits per heavy atom. The van der Waals surface area contributed by atoms with Crippen molar-refractivity contribution in [2.24, 2.45) is 10.1 Å². The number of carbonyl (C=O) groups excluding carboxylic acids is 2. The molecule has 47 heavy (non-hydrogen) atoms. The zero-order valence-corrected chi connectivity index (χ0v) is 26.8. The van der Waals surface area contributed by atoms with Crippen LogP contribution >= 0.6 is 0 Å². The molecule has 2 N–H and O–H groups in total. The molecule has 0 aromatic heterocycles. The van der Waals surface area contributed by atoms with Crippen molar-refractivity contribution in [3.63, 3.8) is 0 Å². The van der Waals surface area contributed by atoms with Gasteiger partial charge in [-0.3, -0.25) is 9.59 Å². The lowest BCUT2D eigenvalue weighted by Gasteiger charge is -2.32. The lowest BCUT2D eigenvalue weighted by molar-refractivity contribution is -0.155. The van der Waals surface area contributed by atoms with Crippen molar-refractivity contribution in [2.45, 2.75) is 70.2 Å².